The van der Waals surface area contributed by atoms with Gasteiger partial charge in [0.25, 0.3) is 0 Å². The lowest BCUT2D eigenvalue weighted by molar-refractivity contribution is -0.146. The van der Waals surface area contributed by atoms with Crippen molar-refractivity contribution in [2.45, 2.75) is 39.2 Å². The first-order chi connectivity index (χ1) is 8.06. The van der Waals surface area contributed by atoms with Gasteiger partial charge < -0.3 is 15.4 Å². The minimum absolute atomic E-state index is 0. The number of methoxy groups -OCH3 is 1. The van der Waals surface area contributed by atoms with Crippen LogP contribution in [0.1, 0.15) is 33.1 Å². The molecule has 5 nitrogen and oxygen atoms in total. The molecule has 0 saturated heterocycles. The Labute approximate surface area is 115 Å². The molecule has 1 amide bonds. The summed E-state index contributed by atoms with van der Waals surface area (Å²) in [6.07, 6.45) is 2.00. The van der Waals surface area contributed by atoms with Gasteiger partial charge >= 0.3 is 5.97 Å². The van der Waals surface area contributed by atoms with Gasteiger partial charge in [0.15, 0.2) is 0 Å². The highest BCUT2D eigenvalue weighted by Crippen LogP contribution is 2.09. The number of amides is 1. The number of ether oxygens (including phenoxy) is 1. The van der Waals surface area contributed by atoms with Gasteiger partial charge in [-0.3, -0.25) is 4.79 Å². The van der Waals surface area contributed by atoms with Crippen molar-refractivity contribution in [1.82, 2.24) is 10.6 Å². The number of halogens is 1. The second-order valence-electron chi connectivity index (χ2n) is 4.16. The van der Waals surface area contributed by atoms with Crippen LogP contribution in [-0.4, -0.2) is 38.6 Å². The lowest BCUT2D eigenvalue weighted by Gasteiger charge is -2.21. The van der Waals surface area contributed by atoms with E-state index in [1.807, 2.05) is 20.9 Å². The maximum atomic E-state index is 11.6. The first-order valence-corrected chi connectivity index (χ1v) is 6.08. The average molecular weight is 281 g/mol. The second-order valence-corrected chi connectivity index (χ2v) is 4.16. The molecule has 0 rings (SSSR count). The van der Waals surface area contributed by atoms with Gasteiger partial charge in [-0.05, 0) is 25.9 Å². The fourth-order valence-corrected chi connectivity index (χ4v) is 1.47. The molecule has 0 spiro atoms. The molecule has 0 aliphatic rings. The first-order valence-electron chi connectivity index (χ1n) is 6.08. The Morgan fingerprint density at radius 2 is 1.94 bits per heavy atom. The van der Waals surface area contributed by atoms with Crippen molar-refractivity contribution in [1.29, 1.82) is 0 Å². The van der Waals surface area contributed by atoms with Crippen molar-refractivity contribution < 1.29 is 14.3 Å². The quantitative estimate of drug-likeness (QED) is 0.516. The molecule has 2 N–H and O–H groups in total. The predicted octanol–water partition coefficient (Wildman–Crippen LogP) is 1.11. The lowest BCUT2D eigenvalue weighted by Crippen LogP contribution is -2.45. The number of nitrogens with one attached hydrogen (secondary N) is 2. The molecule has 2 atom stereocenters. The van der Waals surface area contributed by atoms with Gasteiger partial charge in [-0.25, -0.2) is 4.79 Å². The summed E-state index contributed by atoms with van der Waals surface area (Å²) in [6, 6.07) is -0.535. The fourth-order valence-electron chi connectivity index (χ4n) is 1.47. The lowest BCUT2D eigenvalue weighted by atomic mass is 9.99. The smallest absolute Gasteiger partial charge is 0.328 e. The third-order valence-electron chi connectivity index (χ3n) is 2.82. The number of rotatable bonds is 8. The monoisotopic (exact) mass is 280 g/mol. The normalized spacial score (nSPS) is 13.1. The standard InChI is InChI=1S/C12H24N2O3.ClH/c1-5-9(2)11(12(16)17-4)14-10(15)7-6-8-13-3;/h9,11,13H,5-8H2,1-4H3,(H,14,15);1H/t9-,11-;/m0./s1. The zero-order valence-electron chi connectivity index (χ0n) is 11.6. The summed E-state index contributed by atoms with van der Waals surface area (Å²) >= 11 is 0. The van der Waals surface area contributed by atoms with Crippen LogP contribution in [-0.2, 0) is 14.3 Å². The second kappa shape index (κ2) is 11.3. The molecule has 0 heterocycles. The minimum Gasteiger partial charge on any atom is -0.467 e. The number of carbonyl (C=O) groups excluding carboxylic acids is 2. The Hall–Kier alpha value is -0.810. The number of carbonyl (C=O) groups is 2. The van der Waals surface area contributed by atoms with E-state index in [0.29, 0.717) is 6.42 Å². The summed E-state index contributed by atoms with van der Waals surface area (Å²) in [6.45, 7) is 4.70. The van der Waals surface area contributed by atoms with E-state index in [2.05, 4.69) is 10.6 Å². The highest BCUT2D eigenvalue weighted by molar-refractivity contribution is 5.85. The summed E-state index contributed by atoms with van der Waals surface area (Å²) in [5.41, 5.74) is 0. The summed E-state index contributed by atoms with van der Waals surface area (Å²) in [7, 11) is 3.18. The Bertz CT molecular complexity index is 249. The van der Waals surface area contributed by atoms with E-state index in [4.69, 9.17) is 4.74 Å². The Morgan fingerprint density at radius 1 is 1.33 bits per heavy atom. The highest BCUT2D eigenvalue weighted by atomic mass is 35.5. The summed E-state index contributed by atoms with van der Waals surface area (Å²) in [5.74, 6) is -0.395. The number of esters is 1. The van der Waals surface area contributed by atoms with Crippen LogP contribution >= 0.6 is 12.4 Å². The molecule has 0 aliphatic heterocycles. The summed E-state index contributed by atoms with van der Waals surface area (Å²) in [4.78, 5) is 23.2. The first kappa shape index (κ1) is 19.5. The molecule has 6 heteroatoms. The van der Waals surface area contributed by atoms with Crippen LogP contribution in [0.2, 0.25) is 0 Å². The summed E-state index contributed by atoms with van der Waals surface area (Å²) < 4.78 is 4.70. The zero-order chi connectivity index (χ0) is 13.3. The molecule has 108 valence electrons. The average Bonchev–Trinajstić information content (AvgIpc) is 2.34. The predicted molar refractivity (Wildman–Crippen MR) is 73.8 cm³/mol. The van der Waals surface area contributed by atoms with E-state index < -0.39 is 6.04 Å². The van der Waals surface area contributed by atoms with E-state index >= 15 is 0 Å². The van der Waals surface area contributed by atoms with Crippen molar-refractivity contribution >= 4 is 24.3 Å². The van der Waals surface area contributed by atoms with Gasteiger partial charge in [0, 0.05) is 6.42 Å². The van der Waals surface area contributed by atoms with Crippen molar-refractivity contribution in [3.05, 3.63) is 0 Å². The molecular formula is C12H25ClN2O3. The molecule has 0 radical (unpaired) electrons. The van der Waals surface area contributed by atoms with Crippen LogP contribution in [0.3, 0.4) is 0 Å². The van der Waals surface area contributed by atoms with Crippen LogP contribution in [0.5, 0.6) is 0 Å². The zero-order valence-corrected chi connectivity index (χ0v) is 12.4. The molecule has 0 aliphatic carbocycles. The topological polar surface area (TPSA) is 67.4 Å². The van der Waals surface area contributed by atoms with E-state index in [9.17, 15) is 9.59 Å². The van der Waals surface area contributed by atoms with Crippen LogP contribution in [0.4, 0.5) is 0 Å². The van der Waals surface area contributed by atoms with Gasteiger partial charge in [-0.1, -0.05) is 20.3 Å². The van der Waals surface area contributed by atoms with Gasteiger partial charge in [0.1, 0.15) is 6.04 Å². The molecule has 0 saturated carbocycles. The van der Waals surface area contributed by atoms with Gasteiger partial charge in [0.2, 0.25) is 5.91 Å². The van der Waals surface area contributed by atoms with Crippen molar-refractivity contribution in [2.75, 3.05) is 20.7 Å². The third-order valence-corrected chi connectivity index (χ3v) is 2.82. The van der Waals surface area contributed by atoms with E-state index in [0.717, 1.165) is 19.4 Å². The summed E-state index contributed by atoms with van der Waals surface area (Å²) in [5, 5.41) is 5.71. The fraction of sp³-hybridized carbons (Fsp3) is 0.833. The van der Waals surface area contributed by atoms with Crippen molar-refractivity contribution in [2.24, 2.45) is 5.92 Å². The molecule has 18 heavy (non-hydrogen) atoms. The third kappa shape index (κ3) is 7.50. The minimum atomic E-state index is -0.535. The van der Waals surface area contributed by atoms with Crippen LogP contribution in [0, 0.1) is 5.92 Å². The van der Waals surface area contributed by atoms with Crippen molar-refractivity contribution in [3.8, 4) is 0 Å². The molecule has 0 aromatic rings. The Kier molecular flexibility index (Phi) is 12.2. The Morgan fingerprint density at radius 3 is 2.39 bits per heavy atom. The highest BCUT2D eigenvalue weighted by Gasteiger charge is 2.26. The molecule has 0 aromatic carbocycles. The molecule has 0 aromatic heterocycles. The van der Waals surface area contributed by atoms with E-state index in [-0.39, 0.29) is 30.2 Å². The molecule has 0 fully saturated rings. The molecule has 0 bridgehead atoms. The SMILES string of the molecule is CC[C@H](C)[C@H](NC(=O)CCCNC)C(=O)OC.Cl. The van der Waals surface area contributed by atoms with E-state index in [1.165, 1.54) is 7.11 Å². The van der Waals surface area contributed by atoms with Crippen LogP contribution < -0.4 is 10.6 Å². The largest absolute Gasteiger partial charge is 0.467 e. The maximum Gasteiger partial charge on any atom is 0.328 e. The van der Waals surface area contributed by atoms with Crippen LogP contribution in [0.25, 0.3) is 0 Å². The number of hydrogen-bond donors (Lipinski definition) is 2. The van der Waals surface area contributed by atoms with Gasteiger partial charge in [0.05, 0.1) is 7.11 Å². The maximum absolute atomic E-state index is 11.6. The molecule has 0 unspecified atom stereocenters. The van der Waals surface area contributed by atoms with Crippen LogP contribution in [0.15, 0.2) is 0 Å². The Balaban J connectivity index is 0. The number of hydrogen-bond acceptors (Lipinski definition) is 4. The van der Waals surface area contributed by atoms with Crippen molar-refractivity contribution in [3.63, 3.8) is 0 Å². The van der Waals surface area contributed by atoms with E-state index in [1.54, 1.807) is 0 Å². The molecular weight excluding hydrogens is 256 g/mol. The van der Waals surface area contributed by atoms with Gasteiger partial charge in [-0.15, -0.1) is 12.4 Å². The van der Waals surface area contributed by atoms with Gasteiger partial charge in [-0.2, -0.15) is 0 Å².